The van der Waals surface area contributed by atoms with E-state index in [0.717, 1.165) is 34.6 Å². The second kappa shape index (κ2) is 8.42. The van der Waals surface area contributed by atoms with Crippen LogP contribution >= 0.6 is 0 Å². The summed E-state index contributed by atoms with van der Waals surface area (Å²) >= 11 is 0. The lowest BCUT2D eigenvalue weighted by Crippen LogP contribution is -2.34. The number of rotatable bonds is 7. The van der Waals surface area contributed by atoms with Gasteiger partial charge < -0.3 is 19.4 Å². The van der Waals surface area contributed by atoms with Crippen molar-refractivity contribution in [1.82, 2.24) is 19.7 Å². The van der Waals surface area contributed by atoms with E-state index in [0.29, 0.717) is 25.3 Å². The van der Waals surface area contributed by atoms with Crippen molar-refractivity contribution >= 4 is 16.8 Å². The fraction of sp³-hybridized carbons (Fsp3) is 0.280. The lowest BCUT2D eigenvalue weighted by Gasteiger charge is -2.23. The van der Waals surface area contributed by atoms with Crippen LogP contribution in [0.4, 0.5) is 0 Å². The molecule has 2 aromatic carbocycles. The summed E-state index contributed by atoms with van der Waals surface area (Å²) in [5.74, 6) is 1.49. The molecule has 0 atom stereocenters. The topological polar surface area (TPSA) is 72.4 Å². The van der Waals surface area contributed by atoms with Gasteiger partial charge in [0.2, 0.25) is 12.7 Å². The van der Waals surface area contributed by atoms with E-state index in [9.17, 15) is 4.79 Å². The Bertz CT molecular complexity index is 1270. The number of carbonyl (C=O) groups is 1. The molecule has 32 heavy (non-hydrogen) atoms. The van der Waals surface area contributed by atoms with Crippen LogP contribution in [0.1, 0.15) is 22.5 Å². The molecule has 0 saturated heterocycles. The molecule has 1 amide bonds. The molecule has 4 aromatic rings. The number of H-pyrrole nitrogens is 1. The number of aryl methyl sites for hydroxylation is 2. The molecule has 0 unspecified atom stereocenters. The first-order valence-corrected chi connectivity index (χ1v) is 10.8. The molecule has 0 spiro atoms. The van der Waals surface area contributed by atoms with E-state index < -0.39 is 0 Å². The molecule has 1 aliphatic rings. The fourth-order valence-corrected chi connectivity index (χ4v) is 4.23. The van der Waals surface area contributed by atoms with Gasteiger partial charge in [0.25, 0.3) is 0 Å². The minimum Gasteiger partial charge on any atom is -0.454 e. The van der Waals surface area contributed by atoms with Crippen molar-refractivity contribution in [2.75, 3.05) is 13.3 Å². The molecule has 164 valence electrons. The number of fused-ring (bicyclic) bond motifs is 2. The number of hydrogen-bond donors (Lipinski definition) is 1. The number of ether oxygens (including phenoxy) is 2. The third-order valence-electron chi connectivity index (χ3n) is 5.92. The monoisotopic (exact) mass is 430 g/mol. The van der Waals surface area contributed by atoms with Crippen LogP contribution in [0.5, 0.6) is 11.5 Å². The standard InChI is InChI=1S/C25H26N4O3/c1-17-11-20(28(2)27-17)15-29(10-9-19-14-26-22-6-4-3-5-21(19)22)25(30)13-18-7-8-23-24(12-18)32-16-31-23/h3-8,11-12,14,26H,9-10,13,15-16H2,1-2H3. The number of aromatic amines is 1. The highest BCUT2D eigenvalue weighted by Gasteiger charge is 2.20. The molecule has 1 N–H and O–H groups in total. The summed E-state index contributed by atoms with van der Waals surface area (Å²) in [7, 11) is 1.92. The van der Waals surface area contributed by atoms with Gasteiger partial charge in [0, 0.05) is 30.7 Å². The maximum atomic E-state index is 13.4. The summed E-state index contributed by atoms with van der Waals surface area (Å²) in [4.78, 5) is 18.6. The highest BCUT2D eigenvalue weighted by molar-refractivity contribution is 5.83. The number of aromatic nitrogens is 3. The zero-order valence-corrected chi connectivity index (χ0v) is 18.3. The lowest BCUT2D eigenvalue weighted by molar-refractivity contribution is -0.131. The quantitative estimate of drug-likeness (QED) is 0.485. The van der Waals surface area contributed by atoms with Gasteiger partial charge in [0.1, 0.15) is 0 Å². The summed E-state index contributed by atoms with van der Waals surface area (Å²) in [6.45, 7) is 3.33. The predicted octanol–water partition coefficient (Wildman–Crippen LogP) is 3.75. The molecule has 0 radical (unpaired) electrons. The van der Waals surface area contributed by atoms with Gasteiger partial charge in [-0.2, -0.15) is 5.10 Å². The smallest absolute Gasteiger partial charge is 0.231 e. The first kappa shape index (κ1) is 20.2. The highest BCUT2D eigenvalue weighted by atomic mass is 16.7. The summed E-state index contributed by atoms with van der Waals surface area (Å²) in [5.41, 5.74) is 5.20. The Morgan fingerprint density at radius 3 is 2.84 bits per heavy atom. The Labute approximate surface area is 186 Å². The van der Waals surface area contributed by atoms with Crippen LogP contribution in [0.15, 0.2) is 54.7 Å². The minimum absolute atomic E-state index is 0.0718. The number of nitrogens with zero attached hydrogens (tertiary/aromatic N) is 3. The first-order chi connectivity index (χ1) is 15.6. The fourth-order valence-electron chi connectivity index (χ4n) is 4.23. The number of amides is 1. The number of carbonyl (C=O) groups excluding carboxylic acids is 1. The average molecular weight is 431 g/mol. The zero-order chi connectivity index (χ0) is 22.1. The number of benzene rings is 2. The Balaban J connectivity index is 1.35. The Morgan fingerprint density at radius 2 is 2.00 bits per heavy atom. The predicted molar refractivity (Wildman–Crippen MR) is 122 cm³/mol. The largest absolute Gasteiger partial charge is 0.454 e. The number of para-hydroxylation sites is 1. The minimum atomic E-state index is 0.0718. The summed E-state index contributed by atoms with van der Waals surface area (Å²) in [6, 6.07) is 16.0. The summed E-state index contributed by atoms with van der Waals surface area (Å²) in [6.07, 6.45) is 3.12. The van der Waals surface area contributed by atoms with E-state index in [1.807, 2.05) is 66.1 Å². The zero-order valence-electron chi connectivity index (χ0n) is 18.3. The third-order valence-corrected chi connectivity index (χ3v) is 5.92. The Kier molecular flexibility index (Phi) is 5.31. The van der Waals surface area contributed by atoms with Gasteiger partial charge in [-0.1, -0.05) is 24.3 Å². The molecule has 0 bridgehead atoms. The van der Waals surface area contributed by atoms with Gasteiger partial charge in [-0.05, 0) is 48.7 Å². The van der Waals surface area contributed by atoms with Crippen molar-refractivity contribution < 1.29 is 14.3 Å². The SMILES string of the molecule is Cc1cc(CN(CCc2c[nH]c3ccccc23)C(=O)Cc2ccc3c(c2)OCO3)n(C)n1. The van der Waals surface area contributed by atoms with Crippen molar-refractivity contribution in [2.45, 2.75) is 26.3 Å². The van der Waals surface area contributed by atoms with Crippen molar-refractivity contribution in [2.24, 2.45) is 7.05 Å². The van der Waals surface area contributed by atoms with Crippen molar-refractivity contribution in [3.05, 3.63) is 77.2 Å². The molecule has 0 aliphatic carbocycles. The second-order valence-corrected chi connectivity index (χ2v) is 8.19. The Hall–Kier alpha value is -3.74. The van der Waals surface area contributed by atoms with Gasteiger partial charge in [0.05, 0.1) is 24.4 Å². The molecule has 0 saturated carbocycles. The van der Waals surface area contributed by atoms with Gasteiger partial charge in [-0.3, -0.25) is 9.48 Å². The summed E-state index contributed by atoms with van der Waals surface area (Å²) in [5, 5.41) is 5.64. The van der Waals surface area contributed by atoms with Crippen LogP contribution in [0.2, 0.25) is 0 Å². The van der Waals surface area contributed by atoms with Crippen LogP contribution in [-0.4, -0.2) is 38.9 Å². The molecule has 5 rings (SSSR count). The molecule has 2 aromatic heterocycles. The molecule has 0 fully saturated rings. The first-order valence-electron chi connectivity index (χ1n) is 10.8. The van der Waals surface area contributed by atoms with E-state index in [-0.39, 0.29) is 12.7 Å². The van der Waals surface area contributed by atoms with E-state index in [2.05, 4.69) is 22.2 Å². The van der Waals surface area contributed by atoms with Gasteiger partial charge >= 0.3 is 0 Å². The lowest BCUT2D eigenvalue weighted by atomic mass is 10.1. The van der Waals surface area contributed by atoms with Gasteiger partial charge in [-0.25, -0.2) is 0 Å². The maximum Gasteiger partial charge on any atom is 0.231 e. The number of hydrogen-bond acceptors (Lipinski definition) is 4. The third kappa shape index (κ3) is 4.06. The van der Waals surface area contributed by atoms with Crippen LogP contribution in [0.25, 0.3) is 10.9 Å². The molecule has 3 heterocycles. The highest BCUT2D eigenvalue weighted by Crippen LogP contribution is 2.32. The van der Waals surface area contributed by atoms with Crippen molar-refractivity contribution in [3.63, 3.8) is 0 Å². The van der Waals surface area contributed by atoms with Crippen molar-refractivity contribution in [3.8, 4) is 11.5 Å². The second-order valence-electron chi connectivity index (χ2n) is 8.19. The van der Waals surface area contributed by atoms with Crippen LogP contribution < -0.4 is 9.47 Å². The van der Waals surface area contributed by atoms with Gasteiger partial charge in [-0.15, -0.1) is 0 Å². The maximum absolute atomic E-state index is 13.4. The van der Waals surface area contributed by atoms with E-state index in [1.54, 1.807) is 0 Å². The van der Waals surface area contributed by atoms with E-state index in [1.165, 1.54) is 10.9 Å². The molecular formula is C25H26N4O3. The molecule has 7 nitrogen and oxygen atoms in total. The average Bonchev–Trinajstić information content (AvgIpc) is 3.49. The normalized spacial score (nSPS) is 12.4. The van der Waals surface area contributed by atoms with E-state index in [4.69, 9.17) is 9.47 Å². The molecule has 7 heteroatoms. The number of nitrogens with one attached hydrogen (secondary N) is 1. The van der Waals surface area contributed by atoms with Gasteiger partial charge in [0.15, 0.2) is 11.5 Å². The van der Waals surface area contributed by atoms with E-state index >= 15 is 0 Å². The van der Waals surface area contributed by atoms with Crippen LogP contribution in [0.3, 0.4) is 0 Å². The van der Waals surface area contributed by atoms with Crippen LogP contribution in [-0.2, 0) is 31.2 Å². The van der Waals surface area contributed by atoms with Crippen LogP contribution in [0, 0.1) is 6.92 Å². The van der Waals surface area contributed by atoms with Crippen molar-refractivity contribution in [1.29, 1.82) is 0 Å². The molecular weight excluding hydrogens is 404 g/mol. The summed E-state index contributed by atoms with van der Waals surface area (Å²) < 4.78 is 12.7. The molecule has 1 aliphatic heterocycles. The Morgan fingerprint density at radius 1 is 1.16 bits per heavy atom.